The van der Waals surface area contributed by atoms with E-state index in [1.165, 1.54) is 0 Å². The van der Waals surface area contributed by atoms with Gasteiger partial charge in [-0.15, -0.1) is 0 Å². The Kier molecular flexibility index (Phi) is 3.12. The van der Waals surface area contributed by atoms with E-state index >= 15 is 0 Å². The number of hydrogen-bond acceptors (Lipinski definition) is 3. The normalized spacial score (nSPS) is 22.0. The highest BCUT2D eigenvalue weighted by Crippen LogP contribution is 2.33. The number of imide groups is 1. The first-order valence-corrected chi connectivity index (χ1v) is 7.21. The zero-order valence-electron chi connectivity index (χ0n) is 10.9. The van der Waals surface area contributed by atoms with Crippen LogP contribution in [0.15, 0.2) is 16.6 Å². The fourth-order valence-corrected chi connectivity index (χ4v) is 3.19. The predicted octanol–water partition coefficient (Wildman–Crippen LogP) is 1.52. The first-order chi connectivity index (χ1) is 9.49. The van der Waals surface area contributed by atoms with Crippen LogP contribution < -0.4 is 5.32 Å². The van der Waals surface area contributed by atoms with Crippen molar-refractivity contribution < 1.29 is 14.4 Å². The number of carbonyl (C=O) groups is 3. The highest BCUT2D eigenvalue weighted by molar-refractivity contribution is 9.10. The van der Waals surface area contributed by atoms with Crippen LogP contribution in [0.1, 0.15) is 34.3 Å². The second kappa shape index (κ2) is 4.70. The Hall–Kier alpha value is -1.69. The van der Waals surface area contributed by atoms with Gasteiger partial charge in [-0.25, -0.2) is 0 Å². The van der Waals surface area contributed by atoms with Gasteiger partial charge < -0.3 is 4.90 Å². The first kappa shape index (κ1) is 13.3. The smallest absolute Gasteiger partial charge is 0.255 e. The van der Waals surface area contributed by atoms with Crippen molar-refractivity contribution >= 4 is 33.7 Å². The molecule has 5 nitrogen and oxygen atoms in total. The van der Waals surface area contributed by atoms with Gasteiger partial charge in [0.05, 0.1) is 0 Å². The van der Waals surface area contributed by atoms with Crippen molar-refractivity contribution in [2.75, 3.05) is 0 Å². The Morgan fingerprint density at radius 3 is 2.75 bits per heavy atom. The lowest BCUT2D eigenvalue weighted by atomic mass is 10.0. The molecule has 0 spiro atoms. The molecule has 0 aliphatic carbocycles. The average molecular weight is 337 g/mol. The van der Waals surface area contributed by atoms with E-state index in [9.17, 15) is 14.4 Å². The molecule has 3 amide bonds. The maximum Gasteiger partial charge on any atom is 0.255 e. The standard InChI is InChI=1S/C14H13BrN2O3/c1-7-2-3-8-9(12(7)15)6-17(14(8)20)10-4-5-11(18)16-13(10)19/h2-3,10H,4-6H2,1H3,(H,16,18,19). The third kappa shape index (κ3) is 1.95. The molecule has 1 unspecified atom stereocenters. The summed E-state index contributed by atoms with van der Waals surface area (Å²) in [6.07, 6.45) is 0.664. The summed E-state index contributed by atoms with van der Waals surface area (Å²) in [4.78, 5) is 37.1. The molecule has 1 aromatic rings. The van der Waals surface area contributed by atoms with E-state index in [1.54, 1.807) is 11.0 Å². The minimum Gasteiger partial charge on any atom is -0.322 e. The van der Waals surface area contributed by atoms with Gasteiger partial charge in [-0.1, -0.05) is 22.0 Å². The highest BCUT2D eigenvalue weighted by atomic mass is 79.9. The number of piperidine rings is 1. The summed E-state index contributed by atoms with van der Waals surface area (Å²) in [5.74, 6) is -0.794. The monoisotopic (exact) mass is 336 g/mol. The van der Waals surface area contributed by atoms with Crippen molar-refractivity contribution in [3.8, 4) is 0 Å². The Balaban J connectivity index is 1.92. The van der Waals surface area contributed by atoms with Crippen LogP contribution in [0, 0.1) is 6.92 Å². The molecule has 2 aliphatic rings. The Labute approximate surface area is 124 Å². The van der Waals surface area contributed by atoms with E-state index in [0.717, 1.165) is 15.6 Å². The number of benzene rings is 1. The zero-order chi connectivity index (χ0) is 14.4. The van der Waals surface area contributed by atoms with Gasteiger partial charge in [0.2, 0.25) is 11.8 Å². The molecule has 2 aliphatic heterocycles. The molecule has 1 atom stereocenters. The average Bonchev–Trinajstić information content (AvgIpc) is 2.72. The van der Waals surface area contributed by atoms with Gasteiger partial charge in [0.1, 0.15) is 6.04 Å². The van der Waals surface area contributed by atoms with Crippen molar-refractivity contribution in [2.24, 2.45) is 0 Å². The van der Waals surface area contributed by atoms with Gasteiger partial charge >= 0.3 is 0 Å². The summed E-state index contributed by atoms with van der Waals surface area (Å²) >= 11 is 3.50. The Bertz CT molecular complexity index is 642. The number of carbonyl (C=O) groups excluding carboxylic acids is 3. The van der Waals surface area contributed by atoms with E-state index in [0.29, 0.717) is 18.5 Å². The van der Waals surface area contributed by atoms with Crippen LogP contribution in [0.4, 0.5) is 0 Å². The molecular weight excluding hydrogens is 324 g/mol. The molecule has 6 heteroatoms. The number of nitrogens with one attached hydrogen (secondary N) is 1. The number of hydrogen-bond donors (Lipinski definition) is 1. The van der Waals surface area contributed by atoms with Crippen LogP contribution in [0.2, 0.25) is 0 Å². The maximum absolute atomic E-state index is 12.4. The van der Waals surface area contributed by atoms with E-state index in [1.807, 2.05) is 13.0 Å². The van der Waals surface area contributed by atoms with Gasteiger partial charge in [0.25, 0.3) is 5.91 Å². The summed E-state index contributed by atoms with van der Waals surface area (Å²) in [5, 5.41) is 2.30. The molecule has 0 aromatic heterocycles. The number of aryl methyl sites for hydroxylation is 1. The molecule has 0 saturated carbocycles. The van der Waals surface area contributed by atoms with Gasteiger partial charge in [0, 0.05) is 23.0 Å². The van der Waals surface area contributed by atoms with E-state index in [-0.39, 0.29) is 24.1 Å². The van der Waals surface area contributed by atoms with Crippen LogP contribution in [-0.2, 0) is 16.1 Å². The molecule has 1 aromatic carbocycles. The van der Waals surface area contributed by atoms with E-state index in [2.05, 4.69) is 21.2 Å². The van der Waals surface area contributed by atoms with Gasteiger partial charge in [-0.05, 0) is 30.5 Å². The lowest BCUT2D eigenvalue weighted by Gasteiger charge is -2.29. The first-order valence-electron chi connectivity index (χ1n) is 6.41. The second-order valence-electron chi connectivity index (χ2n) is 5.12. The summed E-state index contributed by atoms with van der Waals surface area (Å²) in [5.41, 5.74) is 2.61. The molecule has 20 heavy (non-hydrogen) atoms. The van der Waals surface area contributed by atoms with Gasteiger partial charge in [0.15, 0.2) is 0 Å². The van der Waals surface area contributed by atoms with Crippen molar-refractivity contribution in [1.29, 1.82) is 0 Å². The summed E-state index contributed by atoms with van der Waals surface area (Å²) < 4.78 is 0.915. The van der Waals surface area contributed by atoms with Gasteiger partial charge in [-0.2, -0.15) is 0 Å². The zero-order valence-corrected chi connectivity index (χ0v) is 12.5. The fourth-order valence-electron chi connectivity index (χ4n) is 2.72. The minimum absolute atomic E-state index is 0.143. The quantitative estimate of drug-likeness (QED) is 0.790. The Morgan fingerprint density at radius 1 is 1.30 bits per heavy atom. The van der Waals surface area contributed by atoms with Crippen LogP contribution in [-0.4, -0.2) is 28.7 Å². The molecule has 0 radical (unpaired) electrons. The van der Waals surface area contributed by atoms with Crippen molar-refractivity contribution in [1.82, 2.24) is 10.2 Å². The molecule has 104 valence electrons. The molecule has 1 N–H and O–H groups in total. The molecule has 1 fully saturated rings. The lowest BCUT2D eigenvalue weighted by Crippen LogP contribution is -2.52. The molecule has 2 heterocycles. The second-order valence-corrected chi connectivity index (χ2v) is 5.92. The fraction of sp³-hybridized carbons (Fsp3) is 0.357. The number of nitrogens with zero attached hydrogens (tertiary/aromatic N) is 1. The van der Waals surface area contributed by atoms with E-state index in [4.69, 9.17) is 0 Å². The SMILES string of the molecule is Cc1ccc2c(c1Br)CN(C1CCC(=O)NC1=O)C2=O. The summed E-state index contributed by atoms with van der Waals surface area (Å²) in [6.45, 7) is 2.37. The molecule has 1 saturated heterocycles. The van der Waals surface area contributed by atoms with Crippen molar-refractivity contribution in [2.45, 2.75) is 32.4 Å². The lowest BCUT2D eigenvalue weighted by molar-refractivity contribution is -0.136. The Morgan fingerprint density at radius 2 is 2.05 bits per heavy atom. The van der Waals surface area contributed by atoms with Crippen molar-refractivity contribution in [3.05, 3.63) is 33.3 Å². The number of rotatable bonds is 1. The topological polar surface area (TPSA) is 66.5 Å². The molecular formula is C14H13BrN2O3. The largest absolute Gasteiger partial charge is 0.322 e. The van der Waals surface area contributed by atoms with Crippen LogP contribution in [0.25, 0.3) is 0 Å². The number of amides is 3. The summed E-state index contributed by atoms with van der Waals surface area (Å²) in [7, 11) is 0. The number of fused-ring (bicyclic) bond motifs is 1. The van der Waals surface area contributed by atoms with E-state index < -0.39 is 6.04 Å². The molecule has 3 rings (SSSR count). The predicted molar refractivity (Wildman–Crippen MR) is 74.9 cm³/mol. The van der Waals surface area contributed by atoms with Crippen LogP contribution >= 0.6 is 15.9 Å². The van der Waals surface area contributed by atoms with Crippen LogP contribution in [0.3, 0.4) is 0 Å². The third-order valence-electron chi connectivity index (χ3n) is 3.84. The minimum atomic E-state index is -0.556. The van der Waals surface area contributed by atoms with Crippen molar-refractivity contribution in [3.63, 3.8) is 0 Å². The van der Waals surface area contributed by atoms with Gasteiger partial charge in [-0.3, -0.25) is 19.7 Å². The van der Waals surface area contributed by atoms with Crippen LogP contribution in [0.5, 0.6) is 0 Å². The third-order valence-corrected chi connectivity index (χ3v) is 4.95. The molecule has 0 bridgehead atoms. The maximum atomic E-state index is 12.4. The highest BCUT2D eigenvalue weighted by Gasteiger charge is 2.39. The summed E-state index contributed by atoms with van der Waals surface area (Å²) in [6, 6.07) is 3.12. The number of halogens is 1.